The van der Waals surface area contributed by atoms with Gasteiger partial charge in [-0.15, -0.1) is 0 Å². The van der Waals surface area contributed by atoms with Gasteiger partial charge in [0, 0.05) is 13.3 Å². The molecule has 0 spiro atoms. The van der Waals surface area contributed by atoms with E-state index in [4.69, 9.17) is 0 Å². The van der Waals surface area contributed by atoms with Crippen molar-refractivity contribution in [1.29, 1.82) is 0 Å². The van der Waals surface area contributed by atoms with Gasteiger partial charge in [0.25, 0.3) is 0 Å². The van der Waals surface area contributed by atoms with Crippen molar-refractivity contribution in [3.8, 4) is 0 Å². The first-order valence-electron chi connectivity index (χ1n) is 2.86. The predicted octanol–water partition coefficient (Wildman–Crippen LogP) is -0.686. The molecule has 2 N–H and O–H groups in total. The molecular formula is C6H10O4. The summed E-state index contributed by atoms with van der Waals surface area (Å²) in [6.45, 7) is 1.63. The van der Waals surface area contributed by atoms with Crippen molar-refractivity contribution < 1.29 is 19.8 Å². The van der Waals surface area contributed by atoms with Crippen LogP contribution < -0.4 is 0 Å². The Morgan fingerprint density at radius 3 is 2.60 bits per heavy atom. The summed E-state index contributed by atoms with van der Waals surface area (Å²) in [5, 5.41) is 0. The molecule has 10 heavy (non-hydrogen) atoms. The van der Waals surface area contributed by atoms with Gasteiger partial charge in [-0.1, -0.05) is 0 Å². The van der Waals surface area contributed by atoms with E-state index in [1.807, 2.05) is 0 Å². The van der Waals surface area contributed by atoms with Crippen LogP contribution in [0.3, 0.4) is 0 Å². The van der Waals surface area contributed by atoms with Gasteiger partial charge in [0.15, 0.2) is 0 Å². The molecule has 0 heterocycles. The lowest BCUT2D eigenvalue weighted by Gasteiger charge is -1.94. The highest BCUT2D eigenvalue weighted by molar-refractivity contribution is 5.96. The Hall–Kier alpha value is -0.900. The van der Waals surface area contributed by atoms with E-state index in [0.717, 1.165) is 0 Å². The number of ketones is 1. The van der Waals surface area contributed by atoms with Crippen LogP contribution in [0.2, 0.25) is 0 Å². The standard InChI is InChI=1S/C6H8O3.H2O/c1-4(7)9-3-5-2-6(5)8;/h5H,2-3H2,1H3;1H2. The molecule has 1 aliphatic rings. The second-order valence-corrected chi connectivity index (χ2v) is 2.17. The van der Waals surface area contributed by atoms with E-state index >= 15 is 0 Å². The van der Waals surface area contributed by atoms with Crippen molar-refractivity contribution in [2.24, 2.45) is 5.92 Å². The van der Waals surface area contributed by atoms with Gasteiger partial charge < -0.3 is 10.2 Å². The van der Waals surface area contributed by atoms with Crippen molar-refractivity contribution in [1.82, 2.24) is 0 Å². The number of carbonyl (C=O) groups is 2. The topological polar surface area (TPSA) is 74.9 Å². The van der Waals surface area contributed by atoms with Crippen LogP contribution >= 0.6 is 0 Å². The van der Waals surface area contributed by atoms with Crippen molar-refractivity contribution in [2.45, 2.75) is 13.3 Å². The summed E-state index contributed by atoms with van der Waals surface area (Å²) < 4.78 is 4.58. The Balaban J connectivity index is 0.000000810. The fourth-order valence-corrected chi connectivity index (χ4v) is 0.554. The average molecular weight is 146 g/mol. The highest BCUT2D eigenvalue weighted by atomic mass is 16.5. The van der Waals surface area contributed by atoms with Crippen LogP contribution in [0.5, 0.6) is 0 Å². The van der Waals surface area contributed by atoms with Gasteiger partial charge in [0.1, 0.15) is 12.4 Å². The number of ether oxygens (including phenoxy) is 1. The molecule has 0 radical (unpaired) electrons. The minimum absolute atomic E-state index is 0. The zero-order valence-electron chi connectivity index (χ0n) is 5.72. The molecule has 0 saturated heterocycles. The third-order valence-corrected chi connectivity index (χ3v) is 1.23. The molecule has 1 aliphatic carbocycles. The van der Waals surface area contributed by atoms with E-state index in [0.29, 0.717) is 6.42 Å². The quantitative estimate of drug-likeness (QED) is 0.484. The van der Waals surface area contributed by atoms with Crippen LogP contribution in [0, 0.1) is 5.92 Å². The first-order chi connectivity index (χ1) is 4.20. The first kappa shape index (κ1) is 9.10. The number of hydrogen-bond acceptors (Lipinski definition) is 3. The van der Waals surface area contributed by atoms with Crippen LogP contribution in [0.1, 0.15) is 13.3 Å². The van der Waals surface area contributed by atoms with E-state index in [2.05, 4.69) is 4.74 Å². The molecule has 0 aromatic heterocycles. The molecule has 0 amide bonds. The maximum Gasteiger partial charge on any atom is 0.302 e. The number of rotatable bonds is 2. The maximum atomic E-state index is 10.3. The fourth-order valence-electron chi connectivity index (χ4n) is 0.554. The summed E-state index contributed by atoms with van der Waals surface area (Å²) in [5.41, 5.74) is 0. The normalized spacial score (nSPS) is 21.3. The van der Waals surface area contributed by atoms with E-state index in [9.17, 15) is 9.59 Å². The minimum Gasteiger partial charge on any atom is -0.465 e. The van der Waals surface area contributed by atoms with Gasteiger partial charge in [-0.3, -0.25) is 9.59 Å². The van der Waals surface area contributed by atoms with Crippen LogP contribution in [-0.4, -0.2) is 23.8 Å². The van der Waals surface area contributed by atoms with E-state index in [1.165, 1.54) is 6.92 Å². The van der Waals surface area contributed by atoms with E-state index < -0.39 is 0 Å². The molecule has 1 fully saturated rings. The van der Waals surface area contributed by atoms with Crippen LogP contribution in [0.25, 0.3) is 0 Å². The third-order valence-electron chi connectivity index (χ3n) is 1.23. The molecule has 1 unspecified atom stereocenters. The Bertz CT molecular complexity index is 152. The highest BCUT2D eigenvalue weighted by Crippen LogP contribution is 2.23. The zero-order chi connectivity index (χ0) is 6.85. The van der Waals surface area contributed by atoms with Crippen molar-refractivity contribution in [3.63, 3.8) is 0 Å². The number of hydrogen-bond donors (Lipinski definition) is 0. The summed E-state index contributed by atoms with van der Waals surface area (Å²) in [4.78, 5) is 20.5. The smallest absolute Gasteiger partial charge is 0.302 e. The molecule has 0 aliphatic heterocycles. The van der Waals surface area contributed by atoms with Crippen LogP contribution in [0.4, 0.5) is 0 Å². The molecule has 1 saturated carbocycles. The molecule has 0 aromatic rings. The summed E-state index contributed by atoms with van der Waals surface area (Å²) >= 11 is 0. The third kappa shape index (κ3) is 2.59. The number of Topliss-reactive ketones (excluding diaryl/α,β-unsaturated/α-hetero) is 1. The second-order valence-electron chi connectivity index (χ2n) is 2.17. The summed E-state index contributed by atoms with van der Waals surface area (Å²) in [6, 6.07) is 0. The molecule has 4 nitrogen and oxygen atoms in total. The summed E-state index contributed by atoms with van der Waals surface area (Å²) in [5.74, 6) is -0.0835. The van der Waals surface area contributed by atoms with E-state index in [-0.39, 0.29) is 29.8 Å². The van der Waals surface area contributed by atoms with Gasteiger partial charge in [0.05, 0.1) is 5.92 Å². The minimum atomic E-state index is -0.310. The molecule has 1 atom stereocenters. The lowest BCUT2D eigenvalue weighted by atomic mass is 10.5. The Morgan fingerprint density at radius 1 is 1.80 bits per heavy atom. The predicted molar refractivity (Wildman–Crippen MR) is 33.4 cm³/mol. The fraction of sp³-hybridized carbons (Fsp3) is 0.667. The van der Waals surface area contributed by atoms with Crippen LogP contribution in [-0.2, 0) is 14.3 Å². The lowest BCUT2D eigenvalue weighted by molar-refractivity contribution is -0.141. The summed E-state index contributed by atoms with van der Waals surface area (Å²) in [7, 11) is 0. The van der Waals surface area contributed by atoms with Gasteiger partial charge in [-0.25, -0.2) is 0 Å². The second kappa shape index (κ2) is 3.31. The maximum absolute atomic E-state index is 10.3. The van der Waals surface area contributed by atoms with Crippen molar-refractivity contribution >= 4 is 11.8 Å². The van der Waals surface area contributed by atoms with Gasteiger partial charge in [-0.2, -0.15) is 0 Å². The lowest BCUT2D eigenvalue weighted by Crippen LogP contribution is -2.02. The zero-order valence-corrected chi connectivity index (χ0v) is 5.72. The molecule has 58 valence electrons. The molecule has 0 aromatic carbocycles. The molecule has 4 heteroatoms. The Labute approximate surface area is 58.5 Å². The molecule has 0 bridgehead atoms. The monoisotopic (exact) mass is 146 g/mol. The first-order valence-corrected chi connectivity index (χ1v) is 2.86. The van der Waals surface area contributed by atoms with E-state index in [1.54, 1.807) is 0 Å². The van der Waals surface area contributed by atoms with Crippen molar-refractivity contribution in [3.05, 3.63) is 0 Å². The van der Waals surface area contributed by atoms with Crippen molar-refractivity contribution in [2.75, 3.05) is 6.61 Å². The SMILES string of the molecule is CC(=O)OCC1CC1=O.O. The number of carbonyl (C=O) groups excluding carboxylic acids is 2. The molecular weight excluding hydrogens is 136 g/mol. The van der Waals surface area contributed by atoms with Gasteiger partial charge >= 0.3 is 5.97 Å². The van der Waals surface area contributed by atoms with Crippen LogP contribution in [0.15, 0.2) is 0 Å². The summed E-state index contributed by atoms with van der Waals surface area (Å²) in [6.07, 6.45) is 0.591. The van der Waals surface area contributed by atoms with Gasteiger partial charge in [0.2, 0.25) is 0 Å². The number of esters is 1. The molecule has 1 rings (SSSR count). The van der Waals surface area contributed by atoms with Gasteiger partial charge in [-0.05, 0) is 0 Å². The largest absolute Gasteiger partial charge is 0.465 e. The average Bonchev–Trinajstić information content (AvgIpc) is 2.42. The Kier molecular flexibility index (Phi) is 3.02. The Morgan fingerprint density at radius 2 is 2.30 bits per heavy atom. The highest BCUT2D eigenvalue weighted by Gasteiger charge is 2.35.